The summed E-state index contributed by atoms with van der Waals surface area (Å²) in [6.07, 6.45) is 2.34. The van der Waals surface area contributed by atoms with Gasteiger partial charge >= 0.3 is 6.01 Å². The van der Waals surface area contributed by atoms with Gasteiger partial charge < -0.3 is 25.4 Å². The highest BCUT2D eigenvalue weighted by Crippen LogP contribution is 2.38. The number of aromatic hydroxyl groups is 1. The minimum Gasteiger partial charge on any atom is -0.508 e. The Morgan fingerprint density at radius 1 is 1.11 bits per heavy atom. The molecule has 1 amide bonds. The van der Waals surface area contributed by atoms with Crippen molar-refractivity contribution in [2.24, 2.45) is 0 Å². The van der Waals surface area contributed by atoms with E-state index in [1.54, 1.807) is 25.2 Å². The molecule has 2 bridgehead atoms. The summed E-state index contributed by atoms with van der Waals surface area (Å²) in [4.78, 5) is 23.0. The summed E-state index contributed by atoms with van der Waals surface area (Å²) in [5.74, 6) is 0.0192. The number of amides is 1. The van der Waals surface area contributed by atoms with Crippen LogP contribution in [-0.2, 0) is 4.79 Å². The molecule has 0 radical (unpaired) electrons. The number of aromatic nitrogens is 2. The Morgan fingerprint density at radius 2 is 1.89 bits per heavy atom. The highest BCUT2D eigenvalue weighted by molar-refractivity contribution is 6.01. The third-order valence-corrected chi connectivity index (χ3v) is 7.26. The average Bonchev–Trinajstić information content (AvgIpc) is 3.25. The predicted octanol–water partition coefficient (Wildman–Crippen LogP) is 3.75. The first-order chi connectivity index (χ1) is 18.0. The number of piperazine rings is 1. The van der Waals surface area contributed by atoms with Crippen LogP contribution in [0.25, 0.3) is 32.8 Å². The molecule has 9 heteroatoms. The van der Waals surface area contributed by atoms with Crippen molar-refractivity contribution in [1.82, 2.24) is 20.6 Å². The van der Waals surface area contributed by atoms with Gasteiger partial charge in [0.25, 0.3) is 0 Å². The number of carbonyl (C=O) groups is 1. The second-order valence-electron chi connectivity index (χ2n) is 9.68. The number of anilines is 1. The molecule has 0 aliphatic carbocycles. The van der Waals surface area contributed by atoms with Crippen molar-refractivity contribution in [1.29, 1.82) is 0 Å². The van der Waals surface area contributed by atoms with Crippen LogP contribution in [0.4, 0.5) is 10.2 Å². The Hall–Kier alpha value is -3.98. The predicted molar refractivity (Wildman–Crippen MR) is 140 cm³/mol. The molecule has 3 aromatic carbocycles. The number of phenolic OH excluding ortho intramolecular Hbond substituents is 1. The maximum atomic E-state index is 16.3. The molecule has 0 saturated carbocycles. The van der Waals surface area contributed by atoms with Gasteiger partial charge in [0.2, 0.25) is 5.91 Å². The van der Waals surface area contributed by atoms with Gasteiger partial charge in [0.1, 0.15) is 23.7 Å². The van der Waals surface area contributed by atoms with Gasteiger partial charge in [-0.15, -0.1) is 0 Å². The Balaban J connectivity index is 1.48. The van der Waals surface area contributed by atoms with Crippen molar-refractivity contribution in [3.63, 3.8) is 0 Å². The number of rotatable bonds is 6. The van der Waals surface area contributed by atoms with Crippen LogP contribution < -0.4 is 20.3 Å². The molecule has 0 spiro atoms. The van der Waals surface area contributed by atoms with E-state index in [2.05, 4.69) is 25.5 Å². The van der Waals surface area contributed by atoms with Crippen molar-refractivity contribution in [3.05, 3.63) is 54.3 Å². The van der Waals surface area contributed by atoms with Gasteiger partial charge in [-0.25, -0.2) is 4.39 Å². The molecule has 3 heterocycles. The van der Waals surface area contributed by atoms with Crippen LogP contribution in [0.3, 0.4) is 0 Å². The summed E-state index contributed by atoms with van der Waals surface area (Å²) in [6, 6.07) is 15.1. The second kappa shape index (κ2) is 9.48. The molecule has 2 aliphatic rings. The van der Waals surface area contributed by atoms with Crippen molar-refractivity contribution in [3.8, 4) is 22.9 Å². The first-order valence-electron chi connectivity index (χ1n) is 12.6. The molecule has 37 heavy (non-hydrogen) atoms. The molecule has 2 atom stereocenters. The van der Waals surface area contributed by atoms with E-state index in [0.29, 0.717) is 34.4 Å². The molecule has 2 fully saturated rings. The molecule has 2 aliphatic heterocycles. The summed E-state index contributed by atoms with van der Waals surface area (Å²) in [5, 5.41) is 18.8. The molecule has 6 rings (SSSR count). The topological polar surface area (TPSA) is 99.6 Å². The fraction of sp³-hybridized carbons (Fsp3) is 0.321. The number of carbonyl (C=O) groups excluding carboxylic acids is 1. The number of ether oxygens (including phenoxy) is 1. The Labute approximate surface area is 213 Å². The van der Waals surface area contributed by atoms with Gasteiger partial charge in [-0.3, -0.25) is 4.79 Å². The Kier molecular flexibility index (Phi) is 6.00. The Bertz CT molecular complexity index is 1500. The van der Waals surface area contributed by atoms with Gasteiger partial charge in [0.05, 0.1) is 6.42 Å². The minimum absolute atomic E-state index is 0.0362. The highest BCUT2D eigenvalue weighted by atomic mass is 19.1. The van der Waals surface area contributed by atoms with E-state index in [0.717, 1.165) is 36.7 Å². The van der Waals surface area contributed by atoms with E-state index >= 15 is 4.39 Å². The third kappa shape index (κ3) is 4.40. The van der Waals surface area contributed by atoms with Crippen LogP contribution in [0.2, 0.25) is 0 Å². The zero-order chi connectivity index (χ0) is 25.5. The molecule has 3 N–H and O–H groups in total. The average molecular weight is 502 g/mol. The van der Waals surface area contributed by atoms with Crippen LogP contribution in [0.1, 0.15) is 19.3 Å². The number of fused-ring (bicyclic) bond motifs is 4. The number of nitrogens with one attached hydrogen (secondary N) is 2. The molecule has 190 valence electrons. The zero-order valence-electron chi connectivity index (χ0n) is 20.5. The van der Waals surface area contributed by atoms with Crippen molar-refractivity contribution < 1.29 is 19.0 Å². The van der Waals surface area contributed by atoms with Crippen molar-refractivity contribution in [2.75, 3.05) is 31.6 Å². The molecular formula is C28H28FN5O3. The molecule has 4 aromatic rings. The van der Waals surface area contributed by atoms with Gasteiger partial charge in [-0.1, -0.05) is 30.3 Å². The van der Waals surface area contributed by atoms with E-state index < -0.39 is 5.82 Å². The number of hydrogen-bond donors (Lipinski definition) is 3. The smallest absolute Gasteiger partial charge is 0.319 e. The first kappa shape index (κ1) is 23.4. The monoisotopic (exact) mass is 501 g/mol. The molecule has 8 nitrogen and oxygen atoms in total. The summed E-state index contributed by atoms with van der Waals surface area (Å²) in [5.41, 5.74) is 1.06. The van der Waals surface area contributed by atoms with Gasteiger partial charge in [-0.05, 0) is 47.4 Å². The number of nitrogens with zero attached hydrogens (tertiary/aromatic N) is 3. The summed E-state index contributed by atoms with van der Waals surface area (Å²) in [6.45, 7) is 1.61. The van der Waals surface area contributed by atoms with E-state index in [-0.39, 0.29) is 36.2 Å². The summed E-state index contributed by atoms with van der Waals surface area (Å²) < 4.78 is 22.0. The Morgan fingerprint density at radius 3 is 2.68 bits per heavy atom. The van der Waals surface area contributed by atoms with E-state index in [1.807, 2.05) is 30.3 Å². The quantitative estimate of drug-likeness (QED) is 0.370. The van der Waals surface area contributed by atoms with Crippen LogP contribution in [0.15, 0.2) is 48.5 Å². The third-order valence-electron chi connectivity index (χ3n) is 7.26. The minimum atomic E-state index is -0.508. The highest BCUT2D eigenvalue weighted by Gasteiger charge is 2.34. The van der Waals surface area contributed by atoms with Crippen LogP contribution >= 0.6 is 0 Å². The normalized spacial score (nSPS) is 18.9. The lowest BCUT2D eigenvalue weighted by molar-refractivity contribution is -0.121. The molecule has 1 aromatic heterocycles. The van der Waals surface area contributed by atoms with E-state index in [4.69, 9.17) is 4.74 Å². The van der Waals surface area contributed by atoms with Gasteiger partial charge in [0.15, 0.2) is 5.82 Å². The van der Waals surface area contributed by atoms with Crippen LogP contribution in [0, 0.1) is 5.82 Å². The number of benzene rings is 3. The van der Waals surface area contributed by atoms with E-state index in [9.17, 15) is 9.90 Å². The number of phenols is 1. The van der Waals surface area contributed by atoms with Crippen LogP contribution in [-0.4, -0.2) is 59.8 Å². The summed E-state index contributed by atoms with van der Waals surface area (Å²) in [7, 11) is 1.56. The molecular weight excluding hydrogens is 473 g/mol. The SMILES string of the molecule is CNC(=O)CCOc1nc(N2CC3CCC(C2)N3)c2ccc(-c3cc(O)cc4ccccc34)c(F)c2n1. The number of halogens is 1. The zero-order valence-corrected chi connectivity index (χ0v) is 20.5. The van der Waals surface area contributed by atoms with E-state index in [1.165, 1.54) is 0 Å². The maximum absolute atomic E-state index is 16.3. The fourth-order valence-corrected chi connectivity index (χ4v) is 5.49. The molecule has 2 unspecified atom stereocenters. The largest absolute Gasteiger partial charge is 0.508 e. The number of hydrogen-bond acceptors (Lipinski definition) is 7. The lowest BCUT2D eigenvalue weighted by Gasteiger charge is -2.34. The summed E-state index contributed by atoms with van der Waals surface area (Å²) >= 11 is 0. The lowest BCUT2D eigenvalue weighted by Crippen LogP contribution is -2.51. The van der Waals surface area contributed by atoms with Gasteiger partial charge in [-0.2, -0.15) is 9.97 Å². The standard InChI is InChI=1S/C28H28FN5O3/c1-30-24(36)10-11-37-28-32-26-22(27(33-28)34-14-17-6-7-18(15-34)31-17)9-8-21(25(26)29)23-13-19(35)12-16-4-2-3-5-20(16)23/h2-5,8-9,12-13,17-18,31,35H,6-7,10-11,14-15H2,1H3,(H,30,36). The second-order valence-corrected chi connectivity index (χ2v) is 9.68. The fourth-order valence-electron chi connectivity index (χ4n) is 5.49. The molecule has 2 saturated heterocycles. The first-order valence-corrected chi connectivity index (χ1v) is 12.6. The van der Waals surface area contributed by atoms with Crippen molar-refractivity contribution in [2.45, 2.75) is 31.3 Å². The van der Waals surface area contributed by atoms with Crippen molar-refractivity contribution >= 4 is 33.4 Å². The van der Waals surface area contributed by atoms with Crippen LogP contribution in [0.5, 0.6) is 11.8 Å². The maximum Gasteiger partial charge on any atom is 0.319 e. The lowest BCUT2D eigenvalue weighted by atomic mass is 9.96. The van der Waals surface area contributed by atoms with Gasteiger partial charge in [0, 0.05) is 43.2 Å².